The van der Waals surface area contributed by atoms with E-state index in [1.807, 2.05) is 11.1 Å². The molecule has 8 heteroatoms. The molecule has 0 aromatic heterocycles. The molecular formula is C24H34N4O4. The fourth-order valence-corrected chi connectivity index (χ4v) is 4.64. The van der Waals surface area contributed by atoms with Crippen molar-refractivity contribution in [3.05, 3.63) is 47.0 Å². The van der Waals surface area contributed by atoms with E-state index in [0.29, 0.717) is 6.54 Å². The van der Waals surface area contributed by atoms with Crippen LogP contribution in [0.15, 0.2) is 41.0 Å². The van der Waals surface area contributed by atoms with E-state index < -0.39 is 5.97 Å². The van der Waals surface area contributed by atoms with Crippen molar-refractivity contribution < 1.29 is 19.5 Å². The van der Waals surface area contributed by atoms with E-state index in [2.05, 4.69) is 59.8 Å². The number of hydrogen-bond donors (Lipinski definition) is 2. The highest BCUT2D eigenvalue weighted by molar-refractivity contribution is 5.79. The van der Waals surface area contributed by atoms with Crippen LogP contribution in [0.4, 0.5) is 0 Å². The van der Waals surface area contributed by atoms with Gasteiger partial charge in [0.2, 0.25) is 0 Å². The standard InChI is InChI=1S/C24H34N4O4/c1-17-14-28(15-18(2)31-17)25-13-20-3-5-21(6-4-20)23-12-22(32-26-23)11-19-7-9-27(10-8-19)16-24(29)30/h3-7,13,17-18,22-23,26H,8-12,14-16H2,1-2H3,(H,29,30). The van der Waals surface area contributed by atoms with Gasteiger partial charge in [-0.1, -0.05) is 35.9 Å². The summed E-state index contributed by atoms with van der Waals surface area (Å²) >= 11 is 0. The molecule has 2 fully saturated rings. The molecule has 1 aromatic carbocycles. The highest BCUT2D eigenvalue weighted by atomic mass is 16.7. The van der Waals surface area contributed by atoms with Crippen LogP contribution in [0.5, 0.6) is 0 Å². The minimum Gasteiger partial charge on any atom is -0.480 e. The van der Waals surface area contributed by atoms with E-state index in [4.69, 9.17) is 14.7 Å². The number of benzene rings is 1. The molecule has 0 radical (unpaired) electrons. The van der Waals surface area contributed by atoms with Gasteiger partial charge in [0.25, 0.3) is 0 Å². The Labute approximate surface area is 189 Å². The molecule has 3 heterocycles. The lowest BCUT2D eigenvalue weighted by Gasteiger charge is -2.33. The van der Waals surface area contributed by atoms with Gasteiger partial charge in [-0.05, 0) is 44.2 Å². The van der Waals surface area contributed by atoms with Crippen molar-refractivity contribution in [1.29, 1.82) is 0 Å². The van der Waals surface area contributed by atoms with Crippen molar-refractivity contribution in [3.63, 3.8) is 0 Å². The van der Waals surface area contributed by atoms with Gasteiger partial charge < -0.3 is 9.84 Å². The summed E-state index contributed by atoms with van der Waals surface area (Å²) in [6.07, 6.45) is 7.35. The average molecular weight is 443 g/mol. The Morgan fingerprint density at radius 1 is 1.25 bits per heavy atom. The summed E-state index contributed by atoms with van der Waals surface area (Å²) in [6.45, 7) is 7.41. The van der Waals surface area contributed by atoms with Crippen LogP contribution in [-0.4, -0.2) is 78.2 Å². The number of carboxylic acid groups (broad SMARTS) is 1. The van der Waals surface area contributed by atoms with Crippen LogP contribution in [-0.2, 0) is 14.4 Å². The number of aliphatic carboxylic acids is 1. The van der Waals surface area contributed by atoms with Gasteiger partial charge in [-0.2, -0.15) is 10.6 Å². The number of morpholine rings is 1. The summed E-state index contributed by atoms with van der Waals surface area (Å²) in [5.74, 6) is -0.768. The van der Waals surface area contributed by atoms with E-state index in [1.54, 1.807) is 0 Å². The molecule has 2 saturated heterocycles. The van der Waals surface area contributed by atoms with E-state index in [9.17, 15) is 4.79 Å². The van der Waals surface area contributed by atoms with Crippen molar-refractivity contribution in [3.8, 4) is 0 Å². The van der Waals surface area contributed by atoms with Gasteiger partial charge in [0.15, 0.2) is 0 Å². The predicted molar refractivity (Wildman–Crippen MR) is 122 cm³/mol. The minimum atomic E-state index is -0.768. The Balaban J connectivity index is 1.25. The van der Waals surface area contributed by atoms with Crippen LogP contribution < -0.4 is 5.48 Å². The smallest absolute Gasteiger partial charge is 0.317 e. The zero-order chi connectivity index (χ0) is 22.5. The first kappa shape index (κ1) is 22.9. The molecule has 32 heavy (non-hydrogen) atoms. The molecule has 0 saturated carbocycles. The second-order valence-corrected chi connectivity index (χ2v) is 9.13. The first-order valence-electron chi connectivity index (χ1n) is 11.5. The van der Waals surface area contributed by atoms with Crippen molar-refractivity contribution in [1.82, 2.24) is 15.4 Å². The molecule has 4 unspecified atom stereocenters. The minimum absolute atomic E-state index is 0.110. The lowest BCUT2D eigenvalue weighted by atomic mass is 9.95. The number of hydroxylamine groups is 1. The third-order valence-electron chi connectivity index (χ3n) is 6.22. The van der Waals surface area contributed by atoms with Gasteiger partial charge in [-0.3, -0.25) is 19.5 Å². The Morgan fingerprint density at radius 2 is 2.00 bits per heavy atom. The van der Waals surface area contributed by atoms with E-state index in [0.717, 1.165) is 44.5 Å². The average Bonchev–Trinajstić information content (AvgIpc) is 3.21. The molecule has 4 rings (SSSR count). The fraction of sp³-hybridized carbons (Fsp3) is 0.583. The fourth-order valence-electron chi connectivity index (χ4n) is 4.64. The van der Waals surface area contributed by atoms with E-state index >= 15 is 0 Å². The third-order valence-corrected chi connectivity index (χ3v) is 6.22. The van der Waals surface area contributed by atoms with Gasteiger partial charge in [0.05, 0.1) is 50.2 Å². The SMILES string of the molecule is CC1CN(N=Cc2ccc(C3CC(CC4=CCN(CC(=O)O)CC4)ON3)cc2)CC(C)O1. The zero-order valence-corrected chi connectivity index (χ0v) is 18.9. The molecular weight excluding hydrogens is 408 g/mol. The van der Waals surface area contributed by atoms with Crippen LogP contribution in [0.3, 0.4) is 0 Å². The Bertz CT molecular complexity index is 831. The largest absolute Gasteiger partial charge is 0.480 e. The summed E-state index contributed by atoms with van der Waals surface area (Å²) in [4.78, 5) is 18.6. The summed E-state index contributed by atoms with van der Waals surface area (Å²) in [6, 6.07) is 8.65. The van der Waals surface area contributed by atoms with Crippen molar-refractivity contribution in [2.24, 2.45) is 5.10 Å². The maximum absolute atomic E-state index is 10.8. The van der Waals surface area contributed by atoms with Crippen LogP contribution in [0.25, 0.3) is 0 Å². The molecule has 8 nitrogen and oxygen atoms in total. The van der Waals surface area contributed by atoms with Gasteiger partial charge in [0, 0.05) is 13.1 Å². The number of hydrogen-bond acceptors (Lipinski definition) is 7. The zero-order valence-electron chi connectivity index (χ0n) is 18.9. The summed E-state index contributed by atoms with van der Waals surface area (Å²) < 4.78 is 5.75. The molecule has 3 aliphatic rings. The number of nitrogens with one attached hydrogen (secondary N) is 1. The van der Waals surface area contributed by atoms with Gasteiger partial charge >= 0.3 is 5.97 Å². The topological polar surface area (TPSA) is 86.6 Å². The monoisotopic (exact) mass is 442 g/mol. The van der Waals surface area contributed by atoms with Crippen LogP contribution >= 0.6 is 0 Å². The van der Waals surface area contributed by atoms with Crippen LogP contribution in [0.2, 0.25) is 0 Å². The molecule has 0 amide bonds. The number of rotatable bonds is 7. The normalized spacial score (nSPS) is 29.4. The van der Waals surface area contributed by atoms with Gasteiger partial charge in [-0.15, -0.1) is 0 Å². The number of carboxylic acids is 1. The van der Waals surface area contributed by atoms with Crippen LogP contribution in [0, 0.1) is 0 Å². The molecule has 4 atom stereocenters. The third kappa shape index (κ3) is 6.38. The Hall–Kier alpha value is -2.26. The van der Waals surface area contributed by atoms with Crippen LogP contribution in [0.1, 0.15) is 50.3 Å². The van der Waals surface area contributed by atoms with Crippen molar-refractivity contribution in [2.75, 3.05) is 32.7 Å². The molecule has 0 bridgehead atoms. The summed E-state index contributed by atoms with van der Waals surface area (Å²) in [7, 11) is 0. The van der Waals surface area contributed by atoms with Crippen molar-refractivity contribution >= 4 is 12.2 Å². The first-order chi connectivity index (χ1) is 15.4. The second-order valence-electron chi connectivity index (χ2n) is 9.13. The molecule has 0 aliphatic carbocycles. The molecule has 3 aliphatic heterocycles. The number of carbonyl (C=O) groups is 1. The quantitative estimate of drug-likeness (QED) is 0.496. The second kappa shape index (κ2) is 10.6. The number of ether oxygens (including phenoxy) is 1. The number of hydrazone groups is 1. The lowest BCUT2D eigenvalue weighted by Crippen LogP contribution is -2.42. The van der Waals surface area contributed by atoms with E-state index in [1.165, 1.54) is 11.1 Å². The summed E-state index contributed by atoms with van der Waals surface area (Å²) in [5.41, 5.74) is 6.84. The van der Waals surface area contributed by atoms with Gasteiger partial charge in [-0.25, -0.2) is 0 Å². The summed E-state index contributed by atoms with van der Waals surface area (Å²) in [5, 5.41) is 15.6. The highest BCUT2D eigenvalue weighted by Crippen LogP contribution is 2.30. The Morgan fingerprint density at radius 3 is 2.66 bits per heavy atom. The maximum Gasteiger partial charge on any atom is 0.317 e. The molecule has 0 spiro atoms. The van der Waals surface area contributed by atoms with Crippen molar-refractivity contribution in [2.45, 2.75) is 57.5 Å². The maximum atomic E-state index is 10.8. The number of nitrogens with zero attached hydrogens (tertiary/aromatic N) is 3. The Kier molecular flexibility index (Phi) is 7.57. The first-order valence-corrected chi connectivity index (χ1v) is 11.5. The molecule has 1 aromatic rings. The molecule has 2 N–H and O–H groups in total. The molecule has 174 valence electrons. The van der Waals surface area contributed by atoms with E-state index in [-0.39, 0.29) is 30.9 Å². The van der Waals surface area contributed by atoms with Gasteiger partial charge in [0.1, 0.15) is 0 Å². The highest BCUT2D eigenvalue weighted by Gasteiger charge is 2.28. The lowest BCUT2D eigenvalue weighted by molar-refractivity contribution is -0.138. The predicted octanol–water partition coefficient (Wildman–Crippen LogP) is 2.57.